The lowest BCUT2D eigenvalue weighted by Gasteiger charge is -2.39. The third kappa shape index (κ3) is 8.45. The number of aliphatic carboxylic acids is 1. The largest absolute Gasteiger partial charge is 0.480 e. The fourth-order valence-electron chi connectivity index (χ4n) is 4.69. The molecular weight excluding hydrogens is 603 g/mol. The summed E-state index contributed by atoms with van der Waals surface area (Å²) in [4.78, 5) is 76.9. The van der Waals surface area contributed by atoms with Gasteiger partial charge in [-0.1, -0.05) is 23.2 Å². The fraction of sp³-hybridized carbons (Fsp3) is 0.379. The smallest absolute Gasteiger partial charge is 0.330 e. The van der Waals surface area contributed by atoms with Crippen LogP contribution < -0.4 is 0 Å². The van der Waals surface area contributed by atoms with Crippen molar-refractivity contribution in [1.29, 1.82) is 0 Å². The van der Waals surface area contributed by atoms with E-state index in [9.17, 15) is 33.9 Å². The van der Waals surface area contributed by atoms with Crippen molar-refractivity contribution < 1.29 is 38.6 Å². The van der Waals surface area contributed by atoms with Crippen LogP contribution in [0.2, 0.25) is 10.0 Å². The summed E-state index contributed by atoms with van der Waals surface area (Å²) in [6.45, 7) is 4.16. The van der Waals surface area contributed by atoms with Crippen molar-refractivity contribution in [3.8, 4) is 0 Å². The molecule has 43 heavy (non-hydrogen) atoms. The van der Waals surface area contributed by atoms with E-state index in [4.69, 9.17) is 27.9 Å². The molecule has 2 aliphatic rings. The number of piperazine rings is 2. The molecule has 12 nitrogen and oxygen atoms in total. The number of esters is 1. The van der Waals surface area contributed by atoms with Crippen molar-refractivity contribution in [1.82, 2.24) is 19.6 Å². The lowest BCUT2D eigenvalue weighted by atomic mass is 10.1. The van der Waals surface area contributed by atoms with Crippen molar-refractivity contribution in [2.75, 3.05) is 46.4 Å². The molecule has 2 atom stereocenters. The predicted molar refractivity (Wildman–Crippen MR) is 157 cm³/mol. The number of methoxy groups -OCH3 is 1. The second-order valence-corrected chi connectivity index (χ2v) is 10.7. The number of hydrogen-bond donors (Lipinski definition) is 1. The van der Waals surface area contributed by atoms with E-state index in [1.54, 1.807) is 48.5 Å². The van der Waals surface area contributed by atoms with Gasteiger partial charge in [0, 0.05) is 61.2 Å². The Hall–Kier alpha value is -4.16. The zero-order valence-electron chi connectivity index (χ0n) is 23.9. The Kier molecular flexibility index (Phi) is 11.5. The molecule has 0 aliphatic carbocycles. The van der Waals surface area contributed by atoms with Crippen LogP contribution in [0.1, 0.15) is 34.6 Å². The molecule has 0 unspecified atom stereocenters. The highest BCUT2D eigenvalue weighted by Gasteiger charge is 2.38. The van der Waals surface area contributed by atoms with E-state index in [0.717, 1.165) is 0 Å². The normalized spacial score (nSPS) is 18.3. The zero-order chi connectivity index (χ0) is 31.8. The number of carboxylic acids is 1. The highest BCUT2D eigenvalue weighted by molar-refractivity contribution is 6.31. The second-order valence-electron chi connectivity index (χ2n) is 9.83. The molecule has 0 spiro atoms. The van der Waals surface area contributed by atoms with Crippen LogP contribution in [0.4, 0.5) is 0 Å². The summed E-state index contributed by atoms with van der Waals surface area (Å²) in [7, 11) is 1.26. The standard InChI is InChI=1S/C15H17ClN2O4.C14H15ClN2O4/c1-10(19)17-7-8-18(13(9-17)15(21)22-2)14(20)11-3-5-12(16)6-4-11;1-9(18)16-6-7-17(12(8-16)14(20)21)13(19)10-2-4-11(15)5-3-10/h3-6,13H,7-9H2,1-2H3;2-5,12H,6-8H2,1H3,(H,20,21)/t13-;12-/m00/s1. The third-order valence-corrected chi connectivity index (χ3v) is 7.62. The summed E-state index contributed by atoms with van der Waals surface area (Å²) in [5.41, 5.74) is 0.816. The molecule has 2 aliphatic heterocycles. The molecule has 14 heteroatoms. The number of carbonyl (C=O) groups is 6. The van der Waals surface area contributed by atoms with Crippen LogP contribution in [0.15, 0.2) is 48.5 Å². The third-order valence-electron chi connectivity index (χ3n) is 7.11. The topological polar surface area (TPSA) is 145 Å². The summed E-state index contributed by atoms with van der Waals surface area (Å²) < 4.78 is 4.76. The summed E-state index contributed by atoms with van der Waals surface area (Å²) in [5, 5.41) is 10.3. The van der Waals surface area contributed by atoms with Gasteiger partial charge in [-0.25, -0.2) is 9.59 Å². The maximum absolute atomic E-state index is 12.6. The number of rotatable bonds is 4. The van der Waals surface area contributed by atoms with Gasteiger partial charge in [-0.05, 0) is 48.5 Å². The number of benzene rings is 2. The number of ether oxygens (including phenoxy) is 1. The Balaban J connectivity index is 0.000000236. The molecule has 0 bridgehead atoms. The van der Waals surface area contributed by atoms with Gasteiger partial charge in [0.2, 0.25) is 11.8 Å². The Bertz CT molecular complexity index is 1370. The molecule has 2 aromatic carbocycles. The minimum Gasteiger partial charge on any atom is -0.480 e. The van der Waals surface area contributed by atoms with Gasteiger partial charge in [-0.15, -0.1) is 0 Å². The highest BCUT2D eigenvalue weighted by Crippen LogP contribution is 2.19. The van der Waals surface area contributed by atoms with Gasteiger partial charge in [-0.3, -0.25) is 19.2 Å². The van der Waals surface area contributed by atoms with Crippen LogP contribution in [0.5, 0.6) is 0 Å². The first kappa shape index (κ1) is 33.3. The first-order valence-electron chi connectivity index (χ1n) is 13.3. The van der Waals surface area contributed by atoms with Crippen LogP contribution in [-0.2, 0) is 23.9 Å². The molecule has 230 valence electrons. The maximum atomic E-state index is 12.6. The van der Waals surface area contributed by atoms with Crippen LogP contribution in [0.3, 0.4) is 0 Å². The maximum Gasteiger partial charge on any atom is 0.330 e. The molecular formula is C29H32Cl2N4O8. The second kappa shape index (κ2) is 14.8. The van der Waals surface area contributed by atoms with Crippen LogP contribution >= 0.6 is 23.2 Å². The number of hydrogen-bond acceptors (Lipinski definition) is 7. The van der Waals surface area contributed by atoms with Gasteiger partial charge in [0.15, 0.2) is 0 Å². The van der Waals surface area contributed by atoms with Crippen LogP contribution in [0.25, 0.3) is 0 Å². The number of halogens is 2. The molecule has 0 aromatic heterocycles. The Morgan fingerprint density at radius 1 is 0.674 bits per heavy atom. The minimum atomic E-state index is -1.12. The van der Waals surface area contributed by atoms with E-state index >= 15 is 0 Å². The molecule has 0 saturated carbocycles. The monoisotopic (exact) mass is 634 g/mol. The van der Waals surface area contributed by atoms with Crippen molar-refractivity contribution in [3.63, 3.8) is 0 Å². The van der Waals surface area contributed by atoms with E-state index in [-0.39, 0.29) is 49.8 Å². The average Bonchev–Trinajstić information content (AvgIpc) is 3.00. The zero-order valence-corrected chi connectivity index (χ0v) is 25.4. The van der Waals surface area contributed by atoms with Gasteiger partial charge in [0.1, 0.15) is 12.1 Å². The van der Waals surface area contributed by atoms with Crippen LogP contribution in [0, 0.1) is 0 Å². The van der Waals surface area contributed by atoms with E-state index in [2.05, 4.69) is 0 Å². The summed E-state index contributed by atoms with van der Waals surface area (Å²) in [5.74, 6) is -2.64. The number of carboxylic acid groups (broad SMARTS) is 1. The van der Waals surface area contributed by atoms with E-state index < -0.39 is 24.0 Å². The van der Waals surface area contributed by atoms with Crippen molar-refractivity contribution >= 4 is 58.8 Å². The summed E-state index contributed by atoms with van der Waals surface area (Å²) in [6, 6.07) is 10.9. The first-order chi connectivity index (χ1) is 20.3. The molecule has 4 rings (SSSR count). The molecule has 0 radical (unpaired) electrons. The van der Waals surface area contributed by atoms with Crippen molar-refractivity contribution in [3.05, 3.63) is 69.7 Å². The average molecular weight is 636 g/mol. The molecule has 4 amide bonds. The lowest BCUT2D eigenvalue weighted by molar-refractivity contribution is -0.150. The Morgan fingerprint density at radius 3 is 1.40 bits per heavy atom. The molecule has 2 aromatic rings. The molecule has 2 fully saturated rings. The molecule has 2 heterocycles. The molecule has 2 saturated heterocycles. The molecule has 1 N–H and O–H groups in total. The van der Waals surface area contributed by atoms with Gasteiger partial charge >= 0.3 is 11.9 Å². The van der Waals surface area contributed by atoms with Crippen molar-refractivity contribution in [2.45, 2.75) is 25.9 Å². The lowest BCUT2D eigenvalue weighted by Crippen LogP contribution is -2.59. The Morgan fingerprint density at radius 2 is 1.05 bits per heavy atom. The summed E-state index contributed by atoms with van der Waals surface area (Å²) in [6.07, 6.45) is 0. The van der Waals surface area contributed by atoms with Gasteiger partial charge < -0.3 is 29.4 Å². The van der Waals surface area contributed by atoms with Gasteiger partial charge in [-0.2, -0.15) is 0 Å². The Labute approximate surface area is 258 Å². The number of amides is 4. The van der Waals surface area contributed by atoms with E-state index in [0.29, 0.717) is 34.3 Å². The van der Waals surface area contributed by atoms with Crippen LogP contribution in [-0.4, -0.2) is 119 Å². The fourth-order valence-corrected chi connectivity index (χ4v) is 4.94. The quantitative estimate of drug-likeness (QED) is 0.504. The first-order valence-corrected chi connectivity index (χ1v) is 14.0. The van der Waals surface area contributed by atoms with E-state index in [1.165, 1.54) is 40.6 Å². The number of carbonyl (C=O) groups excluding carboxylic acids is 5. The van der Waals surface area contributed by atoms with E-state index in [1.807, 2.05) is 0 Å². The number of nitrogens with zero attached hydrogens (tertiary/aromatic N) is 4. The predicted octanol–water partition coefficient (Wildman–Crippen LogP) is 2.28. The SMILES string of the molecule is CC(=O)N1CCN(C(=O)c2ccc(Cl)cc2)[C@H](C(=O)O)C1.COC(=O)[C@@H]1CN(C(C)=O)CCN1C(=O)c1ccc(Cl)cc1. The van der Waals surface area contributed by atoms with Crippen molar-refractivity contribution in [2.24, 2.45) is 0 Å². The van der Waals surface area contributed by atoms with Gasteiger partial charge in [0.25, 0.3) is 11.8 Å². The highest BCUT2D eigenvalue weighted by atomic mass is 35.5. The summed E-state index contributed by atoms with van der Waals surface area (Å²) >= 11 is 11.6. The minimum absolute atomic E-state index is 0.00396. The van der Waals surface area contributed by atoms with Gasteiger partial charge in [0.05, 0.1) is 20.2 Å².